The average molecular weight is 416 g/mol. The minimum absolute atomic E-state index is 1.08. The molecular weight excluding hydrogens is 404 g/mol. The van der Waals surface area contributed by atoms with E-state index in [1.165, 1.54) is 10.8 Å². The molecule has 0 aliphatic heterocycles. The highest BCUT2D eigenvalue weighted by atomic mass is 79.9. The lowest BCUT2D eigenvalue weighted by molar-refractivity contribution is 1.41. The minimum atomic E-state index is 1.08. The Morgan fingerprint density at radius 3 is 2.09 bits per heavy atom. The van der Waals surface area contributed by atoms with Gasteiger partial charge in [0.05, 0.1) is 0 Å². The summed E-state index contributed by atoms with van der Waals surface area (Å²) in [5.74, 6) is 0. The van der Waals surface area contributed by atoms with Crippen molar-refractivity contribution in [2.45, 2.75) is 0 Å². The summed E-state index contributed by atoms with van der Waals surface area (Å²) in [5, 5.41) is 2.41. The Bertz CT molecular complexity index is 926. The van der Waals surface area contributed by atoms with E-state index in [4.69, 9.17) is 0 Å². The van der Waals surface area contributed by atoms with Gasteiger partial charge in [-0.15, -0.1) is 0 Å². The number of benzene rings is 2. The fourth-order valence-corrected chi connectivity index (χ4v) is 3.35. The number of H-pyrrole nitrogens is 2. The van der Waals surface area contributed by atoms with E-state index < -0.39 is 0 Å². The van der Waals surface area contributed by atoms with Gasteiger partial charge in [0.2, 0.25) is 0 Å². The molecule has 0 saturated heterocycles. The molecule has 0 amide bonds. The Morgan fingerprint density at radius 1 is 0.636 bits per heavy atom. The van der Waals surface area contributed by atoms with Crippen molar-refractivity contribution in [3.05, 3.63) is 68.9 Å². The Labute approximate surface area is 144 Å². The van der Waals surface area contributed by atoms with Crippen molar-refractivity contribution >= 4 is 65.8 Å². The lowest BCUT2D eigenvalue weighted by Crippen LogP contribution is -1.72. The van der Waals surface area contributed by atoms with E-state index in [0.717, 1.165) is 31.4 Å². The highest BCUT2D eigenvalue weighted by molar-refractivity contribution is 9.10. The van der Waals surface area contributed by atoms with Crippen LogP contribution in [-0.4, -0.2) is 9.97 Å². The van der Waals surface area contributed by atoms with Gasteiger partial charge in [-0.1, -0.05) is 37.9 Å². The van der Waals surface area contributed by atoms with Crippen LogP contribution in [0.5, 0.6) is 0 Å². The molecule has 4 rings (SSSR count). The van der Waals surface area contributed by atoms with Crippen molar-refractivity contribution in [1.82, 2.24) is 9.97 Å². The Hall–Kier alpha value is -1.78. The largest absolute Gasteiger partial charge is 0.355 e. The van der Waals surface area contributed by atoms with Crippen LogP contribution >= 0.6 is 31.9 Å². The number of nitrogens with one attached hydrogen (secondary N) is 2. The summed E-state index contributed by atoms with van der Waals surface area (Å²) in [6, 6.07) is 16.8. The number of hydrogen-bond donors (Lipinski definition) is 2. The monoisotopic (exact) mass is 414 g/mol. The third-order valence-electron chi connectivity index (χ3n) is 3.65. The molecule has 0 aliphatic rings. The summed E-state index contributed by atoms with van der Waals surface area (Å²) in [6.07, 6.45) is 4.18. The second-order valence-corrected chi connectivity index (χ2v) is 7.08. The van der Waals surface area contributed by atoms with Gasteiger partial charge in [0.1, 0.15) is 0 Å². The molecule has 108 valence electrons. The summed E-state index contributed by atoms with van der Waals surface area (Å²) < 4.78 is 2.18. The molecule has 0 spiro atoms. The molecule has 2 N–H and O–H groups in total. The van der Waals surface area contributed by atoms with Gasteiger partial charge in [0, 0.05) is 42.1 Å². The lowest BCUT2D eigenvalue weighted by atomic mass is 10.2. The first kappa shape index (κ1) is 13.9. The van der Waals surface area contributed by atoms with Crippen LogP contribution in [-0.2, 0) is 0 Å². The van der Waals surface area contributed by atoms with Gasteiger partial charge >= 0.3 is 0 Å². The summed E-state index contributed by atoms with van der Waals surface area (Å²) >= 11 is 7.00. The second-order valence-electron chi connectivity index (χ2n) is 5.25. The molecule has 2 aromatic carbocycles. The summed E-state index contributed by atoms with van der Waals surface area (Å²) in [4.78, 5) is 6.82. The molecule has 2 nitrogen and oxygen atoms in total. The van der Waals surface area contributed by atoms with E-state index in [-0.39, 0.29) is 0 Å². The topological polar surface area (TPSA) is 31.6 Å². The number of halogens is 2. The molecule has 0 saturated carbocycles. The van der Waals surface area contributed by atoms with Gasteiger partial charge in [-0.2, -0.15) is 0 Å². The van der Waals surface area contributed by atoms with Crippen LogP contribution in [0.15, 0.2) is 57.5 Å². The first-order valence-electron chi connectivity index (χ1n) is 6.92. The van der Waals surface area contributed by atoms with Gasteiger partial charge in [0.25, 0.3) is 0 Å². The predicted octanol–water partition coefficient (Wildman–Crippen LogP) is 6.34. The molecule has 2 heterocycles. The van der Waals surface area contributed by atoms with Gasteiger partial charge in [-0.3, -0.25) is 0 Å². The summed E-state index contributed by atoms with van der Waals surface area (Å²) in [6.45, 7) is 0. The van der Waals surface area contributed by atoms with Crippen molar-refractivity contribution in [2.24, 2.45) is 0 Å². The van der Waals surface area contributed by atoms with E-state index in [0.29, 0.717) is 0 Å². The number of hydrogen-bond acceptors (Lipinski definition) is 0. The Kier molecular flexibility index (Phi) is 3.43. The summed E-state index contributed by atoms with van der Waals surface area (Å²) in [5.41, 5.74) is 4.46. The lowest BCUT2D eigenvalue weighted by Gasteiger charge is -1.89. The molecule has 0 unspecified atom stereocenters. The number of fused-ring (bicyclic) bond motifs is 2. The van der Waals surface area contributed by atoms with Crippen molar-refractivity contribution in [3.63, 3.8) is 0 Å². The van der Waals surface area contributed by atoms with Crippen molar-refractivity contribution in [1.29, 1.82) is 0 Å². The van der Waals surface area contributed by atoms with Gasteiger partial charge in [0.15, 0.2) is 0 Å². The fourth-order valence-electron chi connectivity index (χ4n) is 2.61. The zero-order chi connectivity index (χ0) is 15.1. The van der Waals surface area contributed by atoms with Crippen LogP contribution in [0, 0.1) is 0 Å². The highest BCUT2D eigenvalue weighted by Gasteiger charge is 2.01. The van der Waals surface area contributed by atoms with Crippen LogP contribution in [0.1, 0.15) is 11.4 Å². The van der Waals surface area contributed by atoms with Crippen LogP contribution in [0.2, 0.25) is 0 Å². The number of aromatic nitrogens is 2. The van der Waals surface area contributed by atoms with E-state index in [9.17, 15) is 0 Å². The van der Waals surface area contributed by atoms with Crippen LogP contribution in [0.3, 0.4) is 0 Å². The quantitative estimate of drug-likeness (QED) is 0.382. The van der Waals surface area contributed by atoms with Crippen LogP contribution in [0.4, 0.5) is 0 Å². The number of rotatable bonds is 2. The first-order valence-corrected chi connectivity index (χ1v) is 8.51. The molecule has 4 heteroatoms. The fraction of sp³-hybridized carbons (Fsp3) is 0. The maximum Gasteiger partial charge on any atom is 0.0469 e. The molecule has 0 fully saturated rings. The molecule has 0 radical (unpaired) electrons. The van der Waals surface area contributed by atoms with E-state index in [1.807, 2.05) is 6.07 Å². The standard InChI is InChI=1S/C18H12Br2N2/c19-13-3-6-17-12(7-13)9-16(21-17)5-4-15-8-11-1-2-14(20)10-18(11)22-15/h1-10,21-22H/b5-4+. The maximum atomic E-state index is 3.50. The Morgan fingerprint density at radius 2 is 1.27 bits per heavy atom. The SMILES string of the molecule is Brc1ccc2[nH]c(/C=C/c3cc4ccc(Br)cc4[nH]3)cc2c1. The molecule has 0 aliphatic carbocycles. The third kappa shape index (κ3) is 2.64. The average Bonchev–Trinajstić information content (AvgIpc) is 3.07. The van der Waals surface area contributed by atoms with Crippen LogP contribution < -0.4 is 0 Å². The maximum absolute atomic E-state index is 3.50. The van der Waals surface area contributed by atoms with Gasteiger partial charge in [-0.05, 0) is 54.6 Å². The third-order valence-corrected chi connectivity index (χ3v) is 4.64. The minimum Gasteiger partial charge on any atom is -0.355 e. The number of aromatic amines is 2. The molecule has 22 heavy (non-hydrogen) atoms. The second kappa shape index (κ2) is 5.45. The van der Waals surface area contributed by atoms with Crippen molar-refractivity contribution in [3.8, 4) is 0 Å². The normalized spacial score (nSPS) is 11.9. The van der Waals surface area contributed by atoms with E-state index >= 15 is 0 Å². The van der Waals surface area contributed by atoms with Crippen molar-refractivity contribution < 1.29 is 0 Å². The molecular formula is C18H12Br2N2. The predicted molar refractivity (Wildman–Crippen MR) is 101 cm³/mol. The smallest absolute Gasteiger partial charge is 0.0469 e. The van der Waals surface area contributed by atoms with Gasteiger partial charge in [-0.25, -0.2) is 0 Å². The molecule has 4 aromatic rings. The van der Waals surface area contributed by atoms with E-state index in [2.05, 4.69) is 96.4 Å². The molecule has 0 atom stereocenters. The molecule has 2 aromatic heterocycles. The van der Waals surface area contributed by atoms with E-state index in [1.54, 1.807) is 0 Å². The zero-order valence-electron chi connectivity index (χ0n) is 11.5. The first-order chi connectivity index (χ1) is 10.7. The van der Waals surface area contributed by atoms with Crippen molar-refractivity contribution in [2.75, 3.05) is 0 Å². The summed E-state index contributed by atoms with van der Waals surface area (Å²) in [7, 11) is 0. The molecule has 0 bridgehead atoms. The van der Waals surface area contributed by atoms with Gasteiger partial charge < -0.3 is 9.97 Å². The highest BCUT2D eigenvalue weighted by Crippen LogP contribution is 2.23. The zero-order valence-corrected chi connectivity index (χ0v) is 14.7. The van der Waals surface area contributed by atoms with Crippen LogP contribution in [0.25, 0.3) is 34.0 Å². The Balaban J connectivity index is 1.68.